The van der Waals surface area contributed by atoms with E-state index in [2.05, 4.69) is 15.0 Å². The van der Waals surface area contributed by atoms with Gasteiger partial charge >= 0.3 is 12.1 Å². The highest BCUT2D eigenvalue weighted by Crippen LogP contribution is 2.23. The molecular formula is C8H9F3N2O2S. The van der Waals surface area contributed by atoms with Crippen LogP contribution >= 0.6 is 11.3 Å². The van der Waals surface area contributed by atoms with Crippen molar-refractivity contribution in [2.75, 3.05) is 18.5 Å². The van der Waals surface area contributed by atoms with Crippen molar-refractivity contribution in [3.8, 4) is 0 Å². The Morgan fingerprint density at radius 1 is 1.62 bits per heavy atom. The highest BCUT2D eigenvalue weighted by molar-refractivity contribution is 7.14. The molecule has 16 heavy (non-hydrogen) atoms. The lowest BCUT2D eigenvalue weighted by atomic mass is 10.4. The van der Waals surface area contributed by atoms with E-state index in [1.165, 1.54) is 5.51 Å². The highest BCUT2D eigenvalue weighted by atomic mass is 32.1. The van der Waals surface area contributed by atoms with E-state index in [9.17, 15) is 18.0 Å². The maximum absolute atomic E-state index is 11.9. The number of alkyl halides is 3. The van der Waals surface area contributed by atoms with Crippen molar-refractivity contribution in [1.29, 1.82) is 0 Å². The standard InChI is InChI=1S/C8H9F3N2O2S/c1-2-15-7(14)5-6(16-4-13-5)12-3-8(9,10)11/h4,12H,2-3H2,1H3. The molecule has 0 spiro atoms. The quantitative estimate of drug-likeness (QED) is 0.837. The van der Waals surface area contributed by atoms with E-state index in [1.54, 1.807) is 6.92 Å². The summed E-state index contributed by atoms with van der Waals surface area (Å²) in [4.78, 5) is 14.9. The van der Waals surface area contributed by atoms with Gasteiger partial charge in [0.05, 0.1) is 12.1 Å². The van der Waals surface area contributed by atoms with Crippen LogP contribution in [0, 0.1) is 0 Å². The zero-order valence-electron chi connectivity index (χ0n) is 8.30. The molecule has 1 N–H and O–H groups in total. The Morgan fingerprint density at radius 3 is 2.88 bits per heavy atom. The maximum atomic E-state index is 11.9. The number of thiazole rings is 1. The van der Waals surface area contributed by atoms with E-state index in [1.807, 2.05) is 0 Å². The topological polar surface area (TPSA) is 51.2 Å². The summed E-state index contributed by atoms with van der Waals surface area (Å²) in [5.74, 6) is -0.728. The van der Waals surface area contributed by atoms with Crippen molar-refractivity contribution in [2.24, 2.45) is 0 Å². The molecule has 0 aromatic carbocycles. The van der Waals surface area contributed by atoms with Crippen LogP contribution in [0.3, 0.4) is 0 Å². The van der Waals surface area contributed by atoms with Gasteiger partial charge in [-0.25, -0.2) is 9.78 Å². The van der Waals surface area contributed by atoms with Gasteiger partial charge in [-0.15, -0.1) is 11.3 Å². The van der Waals surface area contributed by atoms with Crippen LogP contribution in [0.15, 0.2) is 5.51 Å². The van der Waals surface area contributed by atoms with E-state index >= 15 is 0 Å². The van der Waals surface area contributed by atoms with Crippen LogP contribution in [0.1, 0.15) is 17.4 Å². The molecule has 0 saturated heterocycles. The van der Waals surface area contributed by atoms with Gasteiger partial charge in [0, 0.05) is 0 Å². The number of nitrogens with zero attached hydrogens (tertiary/aromatic N) is 1. The van der Waals surface area contributed by atoms with E-state index < -0.39 is 18.7 Å². The van der Waals surface area contributed by atoms with Gasteiger partial charge in [-0.2, -0.15) is 13.2 Å². The van der Waals surface area contributed by atoms with E-state index in [0.29, 0.717) is 0 Å². The molecular weight excluding hydrogens is 245 g/mol. The number of ether oxygens (including phenoxy) is 1. The first kappa shape index (κ1) is 12.8. The van der Waals surface area contributed by atoms with Crippen LogP contribution < -0.4 is 5.32 Å². The van der Waals surface area contributed by atoms with Crippen LogP contribution in [0.4, 0.5) is 18.2 Å². The predicted molar refractivity (Wildman–Crippen MR) is 52.6 cm³/mol. The van der Waals surface area contributed by atoms with Gasteiger partial charge in [0.2, 0.25) is 0 Å². The third-order valence-corrected chi connectivity index (χ3v) is 2.27. The largest absolute Gasteiger partial charge is 0.461 e. The molecule has 1 aromatic heterocycles. The zero-order valence-corrected chi connectivity index (χ0v) is 9.11. The number of hydrogen-bond donors (Lipinski definition) is 1. The first-order valence-corrected chi connectivity index (χ1v) is 5.23. The number of rotatable bonds is 4. The Balaban J connectivity index is 2.67. The van der Waals surface area contributed by atoms with Crippen molar-refractivity contribution >= 4 is 22.3 Å². The molecule has 1 heterocycles. The molecule has 8 heteroatoms. The summed E-state index contributed by atoms with van der Waals surface area (Å²) < 4.78 is 40.4. The first-order valence-electron chi connectivity index (χ1n) is 4.35. The molecule has 0 atom stereocenters. The number of aromatic nitrogens is 1. The van der Waals surface area contributed by atoms with Gasteiger partial charge in [0.25, 0.3) is 0 Å². The molecule has 0 fully saturated rings. The molecule has 0 aliphatic rings. The SMILES string of the molecule is CCOC(=O)c1ncsc1NCC(F)(F)F. The molecule has 1 aromatic rings. The van der Waals surface area contributed by atoms with Crippen molar-refractivity contribution in [3.63, 3.8) is 0 Å². The lowest BCUT2D eigenvalue weighted by Gasteiger charge is -2.08. The molecule has 1 rings (SSSR count). The lowest BCUT2D eigenvalue weighted by Crippen LogP contribution is -2.22. The van der Waals surface area contributed by atoms with Crippen LogP contribution in [-0.4, -0.2) is 30.3 Å². The minimum atomic E-state index is -4.34. The van der Waals surface area contributed by atoms with Crippen molar-refractivity contribution in [2.45, 2.75) is 13.1 Å². The molecule has 0 aliphatic carbocycles. The average molecular weight is 254 g/mol. The maximum Gasteiger partial charge on any atom is 0.405 e. The predicted octanol–water partition coefficient (Wildman–Crippen LogP) is 2.29. The Labute approximate surface area is 93.4 Å². The van der Waals surface area contributed by atoms with Gasteiger partial charge in [-0.05, 0) is 6.92 Å². The van der Waals surface area contributed by atoms with E-state index in [-0.39, 0.29) is 17.3 Å². The second-order valence-corrected chi connectivity index (χ2v) is 3.57. The van der Waals surface area contributed by atoms with Crippen molar-refractivity contribution in [1.82, 2.24) is 4.98 Å². The summed E-state index contributed by atoms with van der Waals surface area (Å²) >= 11 is 0.921. The fourth-order valence-electron chi connectivity index (χ4n) is 0.897. The van der Waals surface area contributed by atoms with Gasteiger partial charge in [0.1, 0.15) is 11.5 Å². The molecule has 0 aliphatic heterocycles. The second kappa shape index (κ2) is 5.15. The summed E-state index contributed by atoms with van der Waals surface area (Å²) in [7, 11) is 0. The Bertz CT molecular complexity index is 364. The number of anilines is 1. The minimum absolute atomic E-state index is 0.0655. The molecule has 0 amide bonds. The first-order chi connectivity index (χ1) is 7.44. The summed E-state index contributed by atoms with van der Waals surface area (Å²) in [6, 6.07) is 0. The Hall–Kier alpha value is -1.31. The molecule has 0 bridgehead atoms. The van der Waals surface area contributed by atoms with Gasteiger partial charge in [-0.3, -0.25) is 0 Å². The monoisotopic (exact) mass is 254 g/mol. The van der Waals surface area contributed by atoms with Crippen molar-refractivity contribution in [3.05, 3.63) is 11.2 Å². The molecule has 0 unspecified atom stereocenters. The third-order valence-electron chi connectivity index (χ3n) is 1.49. The van der Waals surface area contributed by atoms with E-state index in [0.717, 1.165) is 11.3 Å². The smallest absolute Gasteiger partial charge is 0.405 e. The van der Waals surface area contributed by atoms with Crippen molar-refractivity contribution < 1.29 is 22.7 Å². The number of esters is 1. The minimum Gasteiger partial charge on any atom is -0.461 e. The zero-order chi connectivity index (χ0) is 12.2. The summed E-state index contributed by atoms with van der Waals surface area (Å²) in [5.41, 5.74) is 1.17. The van der Waals surface area contributed by atoms with Crippen LogP contribution in [0.25, 0.3) is 0 Å². The third kappa shape index (κ3) is 3.69. The van der Waals surface area contributed by atoms with Gasteiger partial charge in [-0.1, -0.05) is 0 Å². The molecule has 0 saturated carbocycles. The number of carbonyl (C=O) groups excluding carboxylic acids is 1. The molecule has 4 nitrogen and oxygen atoms in total. The lowest BCUT2D eigenvalue weighted by molar-refractivity contribution is -0.115. The number of carbonyl (C=O) groups is 1. The van der Waals surface area contributed by atoms with Crippen LogP contribution in [0.2, 0.25) is 0 Å². The number of halogens is 3. The fraction of sp³-hybridized carbons (Fsp3) is 0.500. The highest BCUT2D eigenvalue weighted by Gasteiger charge is 2.28. The Kier molecular flexibility index (Phi) is 4.11. The summed E-state index contributed by atoms with van der Waals surface area (Å²) in [6.45, 7) is 0.545. The molecule has 90 valence electrons. The van der Waals surface area contributed by atoms with Gasteiger partial charge in [0.15, 0.2) is 5.69 Å². The number of hydrogen-bond acceptors (Lipinski definition) is 5. The average Bonchev–Trinajstić information content (AvgIpc) is 2.61. The summed E-state index contributed by atoms with van der Waals surface area (Å²) in [6.07, 6.45) is -4.34. The fourth-order valence-corrected chi connectivity index (χ4v) is 1.56. The van der Waals surface area contributed by atoms with Gasteiger partial charge < -0.3 is 10.1 Å². The normalized spacial score (nSPS) is 11.2. The summed E-state index contributed by atoms with van der Waals surface area (Å²) in [5, 5.41) is 2.17. The van der Waals surface area contributed by atoms with E-state index in [4.69, 9.17) is 0 Å². The number of nitrogens with one attached hydrogen (secondary N) is 1. The molecule has 0 radical (unpaired) electrons. The Morgan fingerprint density at radius 2 is 2.31 bits per heavy atom. The van der Waals surface area contributed by atoms with Crippen LogP contribution in [0.5, 0.6) is 0 Å². The second-order valence-electron chi connectivity index (χ2n) is 2.72. The van der Waals surface area contributed by atoms with Crippen LogP contribution in [-0.2, 0) is 4.74 Å².